The summed E-state index contributed by atoms with van der Waals surface area (Å²) in [4.78, 5) is 11.1. The Hall–Kier alpha value is -0.530. The van der Waals surface area contributed by atoms with Crippen LogP contribution in [0, 0.1) is 0 Å². The monoisotopic (exact) mass is 230 g/mol. The van der Waals surface area contributed by atoms with Gasteiger partial charge >= 0.3 is 0 Å². The third-order valence-corrected chi connectivity index (χ3v) is 2.96. The number of halogens is 2. The molecule has 1 nitrogen and oxygen atoms in total. The molecule has 0 aliphatic rings. The molecule has 0 aromatic heterocycles. The third kappa shape index (κ3) is 3.00. The van der Waals surface area contributed by atoms with E-state index in [0.29, 0.717) is 29.3 Å². The maximum absolute atomic E-state index is 11.1. The smallest absolute Gasteiger partial charge is 0.132 e. The van der Waals surface area contributed by atoms with E-state index in [1.165, 1.54) is 0 Å². The Morgan fingerprint density at radius 1 is 1.36 bits per heavy atom. The van der Waals surface area contributed by atoms with Gasteiger partial charge in [-0.1, -0.05) is 42.3 Å². The van der Waals surface area contributed by atoms with E-state index in [1.54, 1.807) is 6.07 Å². The minimum atomic E-state index is 0.251. The molecule has 0 amide bonds. The van der Waals surface area contributed by atoms with Crippen molar-refractivity contribution in [1.29, 1.82) is 0 Å². The molecule has 0 saturated carbocycles. The fourth-order valence-electron chi connectivity index (χ4n) is 1.19. The maximum Gasteiger partial charge on any atom is 0.132 e. The number of Topliss-reactive ketones (excluding diaryl/α,β-unsaturated/α-hetero) is 1. The number of carbonyl (C=O) groups excluding carboxylic acids is 1. The van der Waals surface area contributed by atoms with Gasteiger partial charge in [0, 0.05) is 12.8 Å². The van der Waals surface area contributed by atoms with Crippen LogP contribution in [0.4, 0.5) is 0 Å². The Labute approximate surface area is 94.0 Å². The maximum atomic E-state index is 11.1. The van der Waals surface area contributed by atoms with Crippen LogP contribution in [0.3, 0.4) is 0 Å². The molecular weight excluding hydrogens is 219 g/mol. The summed E-state index contributed by atoms with van der Waals surface area (Å²) in [6.45, 7) is 1.86. The van der Waals surface area contributed by atoms with Gasteiger partial charge in [-0.05, 0) is 18.1 Å². The van der Waals surface area contributed by atoms with Crippen LogP contribution < -0.4 is 0 Å². The van der Waals surface area contributed by atoms with Crippen LogP contribution in [0.5, 0.6) is 0 Å². The summed E-state index contributed by atoms with van der Waals surface area (Å²) in [6.07, 6.45) is 1.79. The predicted molar refractivity (Wildman–Crippen MR) is 60.1 cm³/mol. The van der Waals surface area contributed by atoms with E-state index in [9.17, 15) is 4.79 Å². The quantitative estimate of drug-likeness (QED) is 0.767. The highest BCUT2D eigenvalue weighted by molar-refractivity contribution is 6.42. The van der Waals surface area contributed by atoms with Crippen LogP contribution >= 0.6 is 23.2 Å². The molecule has 3 heteroatoms. The van der Waals surface area contributed by atoms with E-state index in [2.05, 4.69) is 0 Å². The molecule has 0 heterocycles. The summed E-state index contributed by atoms with van der Waals surface area (Å²) in [5.74, 6) is 0.251. The lowest BCUT2D eigenvalue weighted by Gasteiger charge is -2.04. The molecule has 14 heavy (non-hydrogen) atoms. The van der Waals surface area contributed by atoms with Gasteiger partial charge in [0.1, 0.15) is 5.78 Å². The summed E-state index contributed by atoms with van der Waals surface area (Å²) in [5, 5.41) is 1.12. The average Bonchev–Trinajstić information content (AvgIpc) is 2.20. The molecule has 0 aliphatic carbocycles. The molecule has 0 saturated heterocycles. The van der Waals surface area contributed by atoms with Gasteiger partial charge in [-0.15, -0.1) is 0 Å². The van der Waals surface area contributed by atoms with E-state index in [0.717, 1.165) is 5.56 Å². The van der Waals surface area contributed by atoms with Crippen LogP contribution in [0.25, 0.3) is 0 Å². The number of carbonyl (C=O) groups is 1. The van der Waals surface area contributed by atoms with Crippen molar-refractivity contribution in [3.05, 3.63) is 33.8 Å². The van der Waals surface area contributed by atoms with Crippen molar-refractivity contribution in [2.75, 3.05) is 0 Å². The SMILES string of the molecule is CCC(=O)CCc1cccc(Cl)c1Cl. The number of hydrogen-bond donors (Lipinski definition) is 0. The van der Waals surface area contributed by atoms with Gasteiger partial charge in [-0.2, -0.15) is 0 Å². The zero-order chi connectivity index (χ0) is 10.6. The van der Waals surface area contributed by atoms with Crippen molar-refractivity contribution in [3.8, 4) is 0 Å². The van der Waals surface area contributed by atoms with Crippen LogP contribution in [0.1, 0.15) is 25.3 Å². The molecule has 0 atom stereocenters. The summed E-state index contributed by atoms with van der Waals surface area (Å²) < 4.78 is 0. The van der Waals surface area contributed by atoms with Gasteiger partial charge in [0.15, 0.2) is 0 Å². The highest BCUT2D eigenvalue weighted by atomic mass is 35.5. The van der Waals surface area contributed by atoms with E-state index < -0.39 is 0 Å². The largest absolute Gasteiger partial charge is 0.300 e. The van der Waals surface area contributed by atoms with Crippen molar-refractivity contribution < 1.29 is 4.79 Å². The molecule has 0 aliphatic heterocycles. The standard InChI is InChI=1S/C11H12Cl2O/c1-2-9(14)7-6-8-4-3-5-10(12)11(8)13/h3-5H,2,6-7H2,1H3. The number of aryl methyl sites for hydroxylation is 1. The Kier molecular flexibility index (Phi) is 4.43. The number of rotatable bonds is 4. The van der Waals surface area contributed by atoms with Gasteiger partial charge in [-0.3, -0.25) is 4.79 Å². The molecule has 1 aromatic rings. The molecule has 1 aromatic carbocycles. The first kappa shape index (κ1) is 11.5. The Morgan fingerprint density at radius 2 is 2.07 bits per heavy atom. The molecule has 0 bridgehead atoms. The van der Waals surface area contributed by atoms with Crippen molar-refractivity contribution >= 4 is 29.0 Å². The van der Waals surface area contributed by atoms with Gasteiger partial charge in [0.25, 0.3) is 0 Å². The van der Waals surface area contributed by atoms with Crippen molar-refractivity contribution in [1.82, 2.24) is 0 Å². The highest BCUT2D eigenvalue weighted by Gasteiger charge is 2.05. The van der Waals surface area contributed by atoms with Crippen LogP contribution in [-0.2, 0) is 11.2 Å². The minimum Gasteiger partial charge on any atom is -0.300 e. The number of benzene rings is 1. The molecular formula is C11H12Cl2O. The first-order valence-corrected chi connectivity index (χ1v) is 5.35. The lowest BCUT2D eigenvalue weighted by atomic mass is 10.1. The Bertz CT molecular complexity index is 334. The lowest BCUT2D eigenvalue weighted by Crippen LogP contribution is -1.98. The lowest BCUT2D eigenvalue weighted by molar-refractivity contribution is -0.118. The van der Waals surface area contributed by atoms with E-state index in [4.69, 9.17) is 23.2 Å². The van der Waals surface area contributed by atoms with Gasteiger partial charge in [-0.25, -0.2) is 0 Å². The Morgan fingerprint density at radius 3 is 2.71 bits per heavy atom. The zero-order valence-corrected chi connectivity index (χ0v) is 9.53. The highest BCUT2D eigenvalue weighted by Crippen LogP contribution is 2.26. The second-order valence-electron chi connectivity index (χ2n) is 3.11. The summed E-state index contributed by atoms with van der Waals surface area (Å²) >= 11 is 11.8. The minimum absolute atomic E-state index is 0.251. The van der Waals surface area contributed by atoms with E-state index in [1.807, 2.05) is 19.1 Å². The zero-order valence-electron chi connectivity index (χ0n) is 8.02. The molecule has 1 rings (SSSR count). The summed E-state index contributed by atoms with van der Waals surface area (Å²) in [7, 11) is 0. The van der Waals surface area contributed by atoms with Gasteiger partial charge < -0.3 is 0 Å². The summed E-state index contributed by atoms with van der Waals surface area (Å²) in [6, 6.07) is 5.49. The molecule has 0 unspecified atom stereocenters. The normalized spacial score (nSPS) is 10.2. The molecule has 0 fully saturated rings. The van der Waals surface area contributed by atoms with Crippen molar-refractivity contribution in [2.45, 2.75) is 26.2 Å². The van der Waals surface area contributed by atoms with Crippen molar-refractivity contribution in [3.63, 3.8) is 0 Å². The Balaban J connectivity index is 2.68. The topological polar surface area (TPSA) is 17.1 Å². The fraction of sp³-hybridized carbons (Fsp3) is 0.364. The third-order valence-electron chi connectivity index (χ3n) is 2.10. The van der Waals surface area contributed by atoms with Crippen LogP contribution in [-0.4, -0.2) is 5.78 Å². The molecule has 0 N–H and O–H groups in total. The first-order valence-electron chi connectivity index (χ1n) is 4.59. The predicted octanol–water partition coefficient (Wildman–Crippen LogP) is 3.91. The number of ketones is 1. The van der Waals surface area contributed by atoms with Gasteiger partial charge in [0.2, 0.25) is 0 Å². The molecule has 76 valence electrons. The van der Waals surface area contributed by atoms with E-state index >= 15 is 0 Å². The average molecular weight is 231 g/mol. The van der Waals surface area contributed by atoms with Crippen LogP contribution in [0.15, 0.2) is 18.2 Å². The summed E-state index contributed by atoms with van der Waals surface area (Å²) in [5.41, 5.74) is 0.945. The molecule has 0 radical (unpaired) electrons. The number of hydrogen-bond acceptors (Lipinski definition) is 1. The van der Waals surface area contributed by atoms with Crippen LogP contribution in [0.2, 0.25) is 10.0 Å². The van der Waals surface area contributed by atoms with Gasteiger partial charge in [0.05, 0.1) is 10.0 Å². The molecule has 0 spiro atoms. The van der Waals surface area contributed by atoms with Crippen molar-refractivity contribution in [2.24, 2.45) is 0 Å². The second kappa shape index (κ2) is 5.38. The second-order valence-corrected chi connectivity index (χ2v) is 3.89. The van der Waals surface area contributed by atoms with E-state index in [-0.39, 0.29) is 5.78 Å². The first-order chi connectivity index (χ1) is 6.65. The fourth-order valence-corrected chi connectivity index (χ4v) is 1.61.